The Morgan fingerprint density at radius 1 is 1.35 bits per heavy atom. The van der Waals surface area contributed by atoms with Gasteiger partial charge in [0.1, 0.15) is 5.75 Å². The fraction of sp³-hybridized carbons (Fsp3) is 0.333. The van der Waals surface area contributed by atoms with Gasteiger partial charge >= 0.3 is 5.97 Å². The largest absolute Gasteiger partial charge is 0.493 e. The topological polar surface area (TPSA) is 78.6 Å². The summed E-state index contributed by atoms with van der Waals surface area (Å²) in [6.07, 6.45) is 0.142. The molecule has 1 aromatic rings. The standard InChI is InChI=1S/C12H15NO4/c1-2-16-12(15)9-4-3-5-10(8-9)17-7-6-11(13)14/h3-5,8H,2,6-7H2,1H3,(H2,13,14). The van der Waals surface area contributed by atoms with Crippen molar-refractivity contribution in [1.82, 2.24) is 0 Å². The molecule has 2 N–H and O–H groups in total. The van der Waals surface area contributed by atoms with E-state index in [1.807, 2.05) is 0 Å². The monoisotopic (exact) mass is 237 g/mol. The van der Waals surface area contributed by atoms with Crippen molar-refractivity contribution >= 4 is 11.9 Å². The van der Waals surface area contributed by atoms with Crippen LogP contribution in [0.5, 0.6) is 5.75 Å². The molecule has 5 heteroatoms. The van der Waals surface area contributed by atoms with Crippen molar-refractivity contribution < 1.29 is 19.1 Å². The second-order valence-electron chi connectivity index (χ2n) is 3.31. The number of hydrogen-bond acceptors (Lipinski definition) is 4. The molecule has 0 spiro atoms. The van der Waals surface area contributed by atoms with Crippen LogP contribution in [0.4, 0.5) is 0 Å². The van der Waals surface area contributed by atoms with E-state index in [9.17, 15) is 9.59 Å². The molecule has 0 aromatic heterocycles. The molecule has 0 fully saturated rings. The molecular formula is C12H15NO4. The van der Waals surface area contributed by atoms with E-state index in [0.717, 1.165) is 0 Å². The smallest absolute Gasteiger partial charge is 0.338 e. The van der Waals surface area contributed by atoms with Gasteiger partial charge in [-0.3, -0.25) is 4.79 Å². The van der Waals surface area contributed by atoms with Gasteiger partial charge in [0.25, 0.3) is 0 Å². The first-order chi connectivity index (χ1) is 8.13. The molecule has 0 aliphatic heterocycles. The molecule has 17 heavy (non-hydrogen) atoms. The van der Waals surface area contributed by atoms with Crippen LogP contribution in [0.1, 0.15) is 23.7 Å². The van der Waals surface area contributed by atoms with Crippen LogP contribution in [0.25, 0.3) is 0 Å². The van der Waals surface area contributed by atoms with Gasteiger partial charge in [0.05, 0.1) is 25.2 Å². The Labute approximate surface area is 99.5 Å². The maximum atomic E-state index is 11.4. The van der Waals surface area contributed by atoms with E-state index < -0.39 is 11.9 Å². The van der Waals surface area contributed by atoms with Gasteiger partial charge in [-0.1, -0.05) is 6.07 Å². The fourth-order valence-corrected chi connectivity index (χ4v) is 1.20. The second-order valence-corrected chi connectivity index (χ2v) is 3.31. The lowest BCUT2D eigenvalue weighted by molar-refractivity contribution is -0.118. The summed E-state index contributed by atoms with van der Waals surface area (Å²) in [7, 11) is 0. The predicted molar refractivity (Wildman–Crippen MR) is 61.7 cm³/mol. The fourth-order valence-electron chi connectivity index (χ4n) is 1.20. The van der Waals surface area contributed by atoms with Crippen LogP contribution < -0.4 is 10.5 Å². The van der Waals surface area contributed by atoms with Crippen LogP contribution in [-0.2, 0) is 9.53 Å². The minimum absolute atomic E-state index is 0.142. The van der Waals surface area contributed by atoms with Crippen molar-refractivity contribution in [3.63, 3.8) is 0 Å². The van der Waals surface area contributed by atoms with E-state index in [0.29, 0.717) is 17.9 Å². The third kappa shape index (κ3) is 4.55. The zero-order chi connectivity index (χ0) is 12.7. The number of nitrogens with two attached hydrogens (primary N) is 1. The van der Waals surface area contributed by atoms with Gasteiger partial charge in [0.15, 0.2) is 0 Å². The Bertz CT molecular complexity index is 403. The molecule has 0 atom stereocenters. The highest BCUT2D eigenvalue weighted by molar-refractivity contribution is 5.89. The van der Waals surface area contributed by atoms with Gasteiger partial charge in [0.2, 0.25) is 5.91 Å². The van der Waals surface area contributed by atoms with Crippen LogP contribution in [0, 0.1) is 0 Å². The zero-order valence-corrected chi connectivity index (χ0v) is 9.64. The van der Waals surface area contributed by atoms with Crippen LogP contribution in [0.2, 0.25) is 0 Å². The molecule has 1 rings (SSSR count). The summed E-state index contributed by atoms with van der Waals surface area (Å²) in [6.45, 7) is 2.26. The van der Waals surface area contributed by atoms with Crippen molar-refractivity contribution in [2.24, 2.45) is 5.73 Å². The van der Waals surface area contributed by atoms with Crippen molar-refractivity contribution in [2.45, 2.75) is 13.3 Å². The first kappa shape index (κ1) is 13.0. The lowest BCUT2D eigenvalue weighted by Crippen LogP contribution is -2.14. The summed E-state index contributed by atoms with van der Waals surface area (Å²) in [4.78, 5) is 21.9. The minimum Gasteiger partial charge on any atom is -0.493 e. The normalized spacial score (nSPS) is 9.71. The lowest BCUT2D eigenvalue weighted by Gasteiger charge is -2.06. The summed E-state index contributed by atoms with van der Waals surface area (Å²) in [6, 6.07) is 6.59. The molecule has 0 aliphatic carbocycles. The molecule has 0 saturated heterocycles. The van der Waals surface area contributed by atoms with E-state index in [1.165, 1.54) is 0 Å². The molecular weight excluding hydrogens is 222 g/mol. The van der Waals surface area contributed by atoms with E-state index >= 15 is 0 Å². The molecule has 0 bridgehead atoms. The van der Waals surface area contributed by atoms with Gasteiger partial charge in [-0.2, -0.15) is 0 Å². The van der Waals surface area contributed by atoms with E-state index in [4.69, 9.17) is 15.2 Å². The molecule has 0 radical (unpaired) electrons. The maximum absolute atomic E-state index is 11.4. The van der Waals surface area contributed by atoms with Gasteiger partial charge in [0, 0.05) is 0 Å². The zero-order valence-electron chi connectivity index (χ0n) is 9.64. The Morgan fingerprint density at radius 2 is 2.12 bits per heavy atom. The van der Waals surface area contributed by atoms with E-state index in [2.05, 4.69) is 0 Å². The number of ether oxygens (including phenoxy) is 2. The SMILES string of the molecule is CCOC(=O)c1cccc(OCCC(N)=O)c1. The Morgan fingerprint density at radius 3 is 2.76 bits per heavy atom. The van der Waals surface area contributed by atoms with Gasteiger partial charge in [-0.05, 0) is 25.1 Å². The predicted octanol–water partition coefficient (Wildman–Crippen LogP) is 1.12. The molecule has 1 aromatic carbocycles. The van der Waals surface area contributed by atoms with Crippen LogP contribution >= 0.6 is 0 Å². The Kier molecular flexibility index (Phi) is 5.00. The lowest BCUT2D eigenvalue weighted by atomic mass is 10.2. The van der Waals surface area contributed by atoms with Crippen LogP contribution in [0.15, 0.2) is 24.3 Å². The number of rotatable bonds is 6. The van der Waals surface area contributed by atoms with Gasteiger partial charge in [-0.25, -0.2) is 4.79 Å². The number of amides is 1. The van der Waals surface area contributed by atoms with Crippen molar-refractivity contribution in [2.75, 3.05) is 13.2 Å². The molecule has 1 amide bonds. The molecule has 0 unspecified atom stereocenters. The van der Waals surface area contributed by atoms with Gasteiger partial charge < -0.3 is 15.2 Å². The molecule has 0 aliphatic rings. The Hall–Kier alpha value is -2.04. The number of esters is 1. The van der Waals surface area contributed by atoms with Gasteiger partial charge in [-0.15, -0.1) is 0 Å². The molecule has 92 valence electrons. The molecule has 0 heterocycles. The summed E-state index contributed by atoms with van der Waals surface area (Å²) < 4.78 is 10.1. The maximum Gasteiger partial charge on any atom is 0.338 e. The number of carbonyl (C=O) groups is 2. The number of benzene rings is 1. The number of carbonyl (C=O) groups excluding carboxylic acids is 2. The number of hydrogen-bond donors (Lipinski definition) is 1. The average molecular weight is 237 g/mol. The molecule has 0 saturated carbocycles. The molecule has 5 nitrogen and oxygen atoms in total. The first-order valence-electron chi connectivity index (χ1n) is 5.31. The Balaban J connectivity index is 2.59. The summed E-state index contributed by atoms with van der Waals surface area (Å²) in [5.41, 5.74) is 5.40. The van der Waals surface area contributed by atoms with E-state index in [1.54, 1.807) is 31.2 Å². The highest BCUT2D eigenvalue weighted by Crippen LogP contribution is 2.14. The van der Waals surface area contributed by atoms with Crippen LogP contribution in [0.3, 0.4) is 0 Å². The third-order valence-corrected chi connectivity index (χ3v) is 1.96. The van der Waals surface area contributed by atoms with Crippen molar-refractivity contribution in [3.8, 4) is 5.75 Å². The second kappa shape index (κ2) is 6.52. The highest BCUT2D eigenvalue weighted by atomic mass is 16.5. The minimum atomic E-state index is -0.424. The van der Waals surface area contributed by atoms with Crippen LogP contribution in [-0.4, -0.2) is 25.1 Å². The third-order valence-electron chi connectivity index (χ3n) is 1.96. The van der Waals surface area contributed by atoms with Crippen molar-refractivity contribution in [1.29, 1.82) is 0 Å². The van der Waals surface area contributed by atoms with Crippen molar-refractivity contribution in [3.05, 3.63) is 29.8 Å². The quantitative estimate of drug-likeness (QED) is 0.752. The van der Waals surface area contributed by atoms with E-state index in [-0.39, 0.29) is 13.0 Å². The summed E-state index contributed by atoms with van der Waals surface area (Å²) in [5.74, 6) is -0.309. The summed E-state index contributed by atoms with van der Waals surface area (Å²) in [5, 5.41) is 0. The first-order valence-corrected chi connectivity index (χ1v) is 5.31. The highest BCUT2D eigenvalue weighted by Gasteiger charge is 2.07. The number of primary amides is 1. The summed E-state index contributed by atoms with van der Waals surface area (Å²) >= 11 is 0. The average Bonchev–Trinajstić information content (AvgIpc) is 2.29.